The number of methoxy groups -OCH3 is 1. The first-order valence-electron chi connectivity index (χ1n) is 7.26. The van der Waals surface area contributed by atoms with Gasteiger partial charge in [-0.25, -0.2) is 0 Å². The maximum Gasteiger partial charge on any atom is 0.251 e. The zero-order valence-corrected chi connectivity index (χ0v) is 13.2. The molecule has 0 saturated heterocycles. The van der Waals surface area contributed by atoms with Crippen molar-refractivity contribution in [2.24, 2.45) is 0 Å². The van der Waals surface area contributed by atoms with Crippen LogP contribution in [0.15, 0.2) is 54.6 Å². The van der Waals surface area contributed by atoms with Crippen molar-refractivity contribution in [3.63, 3.8) is 0 Å². The predicted octanol–water partition coefficient (Wildman–Crippen LogP) is 2.73. The molecule has 2 aromatic rings. The van der Waals surface area contributed by atoms with E-state index in [4.69, 9.17) is 4.74 Å². The summed E-state index contributed by atoms with van der Waals surface area (Å²) < 4.78 is 5.43. The van der Waals surface area contributed by atoms with Crippen LogP contribution in [0.25, 0.3) is 0 Å². The summed E-state index contributed by atoms with van der Waals surface area (Å²) in [5.74, 6) is 0.762. The number of hydrogen-bond acceptors (Lipinski definition) is 3. The Morgan fingerprint density at radius 3 is 2.36 bits per heavy atom. The summed E-state index contributed by atoms with van der Waals surface area (Å²) in [5.41, 5.74) is 1.73. The Morgan fingerprint density at radius 1 is 1.09 bits per heavy atom. The Labute approximate surface area is 131 Å². The summed E-state index contributed by atoms with van der Waals surface area (Å²) in [6.45, 7) is 0.515. The minimum absolute atomic E-state index is 0.0452. The van der Waals surface area contributed by atoms with Crippen molar-refractivity contribution in [1.82, 2.24) is 10.2 Å². The molecule has 0 fully saturated rings. The van der Waals surface area contributed by atoms with Crippen LogP contribution in [0.5, 0.6) is 5.75 Å². The summed E-state index contributed by atoms with van der Waals surface area (Å²) in [6.07, 6.45) is 0. The normalized spacial score (nSPS) is 12.0. The maximum atomic E-state index is 12.2. The molecule has 2 aromatic carbocycles. The van der Waals surface area contributed by atoms with E-state index in [1.54, 1.807) is 7.11 Å². The van der Waals surface area contributed by atoms with Crippen molar-refractivity contribution in [3.05, 3.63) is 65.7 Å². The van der Waals surface area contributed by atoms with Crippen molar-refractivity contribution in [3.8, 4) is 5.75 Å². The molecule has 0 bridgehead atoms. The fraction of sp³-hybridized carbons (Fsp3) is 0.278. The highest BCUT2D eigenvalue weighted by molar-refractivity contribution is 5.94. The van der Waals surface area contributed by atoms with Crippen LogP contribution < -0.4 is 10.1 Å². The maximum absolute atomic E-state index is 12.2. The second-order valence-electron chi connectivity index (χ2n) is 5.30. The van der Waals surface area contributed by atoms with Gasteiger partial charge in [0.1, 0.15) is 5.75 Å². The van der Waals surface area contributed by atoms with Gasteiger partial charge in [0, 0.05) is 17.7 Å². The average Bonchev–Trinajstić information content (AvgIpc) is 2.55. The molecular weight excluding hydrogens is 276 g/mol. The number of nitrogens with zero attached hydrogens (tertiary/aromatic N) is 1. The van der Waals surface area contributed by atoms with Gasteiger partial charge in [-0.2, -0.15) is 0 Å². The van der Waals surface area contributed by atoms with E-state index in [9.17, 15) is 4.79 Å². The molecule has 4 heteroatoms. The third kappa shape index (κ3) is 3.86. The molecular formula is C18H22N2O2. The first-order chi connectivity index (χ1) is 10.6. The van der Waals surface area contributed by atoms with Crippen molar-refractivity contribution in [2.75, 3.05) is 27.7 Å². The third-order valence-corrected chi connectivity index (χ3v) is 3.61. The number of ether oxygens (including phenoxy) is 1. The van der Waals surface area contributed by atoms with Gasteiger partial charge in [0.15, 0.2) is 0 Å². The Balaban J connectivity index is 2.11. The van der Waals surface area contributed by atoms with Gasteiger partial charge in [0.05, 0.1) is 13.2 Å². The van der Waals surface area contributed by atoms with E-state index in [-0.39, 0.29) is 11.9 Å². The Kier molecular flexibility index (Phi) is 5.55. The Morgan fingerprint density at radius 2 is 1.73 bits per heavy atom. The number of nitrogens with one attached hydrogen (secondary N) is 1. The van der Waals surface area contributed by atoms with E-state index in [1.807, 2.05) is 68.7 Å². The predicted molar refractivity (Wildman–Crippen MR) is 88.2 cm³/mol. The summed E-state index contributed by atoms with van der Waals surface area (Å²) >= 11 is 0. The lowest BCUT2D eigenvalue weighted by Crippen LogP contribution is -2.34. The highest BCUT2D eigenvalue weighted by Crippen LogP contribution is 2.27. The first-order valence-corrected chi connectivity index (χ1v) is 7.26. The van der Waals surface area contributed by atoms with Gasteiger partial charge in [0.25, 0.3) is 5.91 Å². The van der Waals surface area contributed by atoms with Crippen LogP contribution in [-0.4, -0.2) is 38.6 Å². The molecule has 0 spiro atoms. The number of rotatable bonds is 6. The quantitative estimate of drug-likeness (QED) is 0.891. The van der Waals surface area contributed by atoms with E-state index < -0.39 is 0 Å². The summed E-state index contributed by atoms with van der Waals surface area (Å²) in [6, 6.07) is 17.2. The molecule has 0 aromatic heterocycles. The van der Waals surface area contributed by atoms with Crippen LogP contribution in [0.1, 0.15) is 22.0 Å². The average molecular weight is 298 g/mol. The van der Waals surface area contributed by atoms with Crippen LogP contribution in [0.3, 0.4) is 0 Å². The first kappa shape index (κ1) is 16.0. The minimum atomic E-state index is -0.0673. The van der Waals surface area contributed by atoms with E-state index >= 15 is 0 Å². The second-order valence-corrected chi connectivity index (χ2v) is 5.30. The number of carbonyl (C=O) groups excluding carboxylic acids is 1. The third-order valence-electron chi connectivity index (χ3n) is 3.61. The van der Waals surface area contributed by atoms with Gasteiger partial charge < -0.3 is 15.0 Å². The van der Waals surface area contributed by atoms with E-state index in [0.717, 1.165) is 11.3 Å². The SMILES string of the molecule is COc1ccccc1[C@@H](CNC(=O)c1ccccc1)N(C)C. The number of likely N-dealkylation sites (N-methyl/N-ethyl adjacent to an activating group) is 1. The summed E-state index contributed by atoms with van der Waals surface area (Å²) in [7, 11) is 5.64. The lowest BCUT2D eigenvalue weighted by Gasteiger charge is -2.26. The molecule has 0 radical (unpaired) electrons. The van der Waals surface area contributed by atoms with Gasteiger partial charge in [-0.3, -0.25) is 4.79 Å². The number of carbonyl (C=O) groups is 1. The topological polar surface area (TPSA) is 41.6 Å². The van der Waals surface area contributed by atoms with Crippen LogP contribution >= 0.6 is 0 Å². The standard InChI is InChI=1S/C18H22N2O2/c1-20(2)16(15-11-7-8-12-17(15)22-3)13-19-18(21)14-9-5-4-6-10-14/h4-12,16H,13H2,1-3H3,(H,19,21)/t16-/m1/s1. The zero-order valence-electron chi connectivity index (χ0n) is 13.2. The molecule has 0 saturated carbocycles. The minimum Gasteiger partial charge on any atom is -0.496 e. The summed E-state index contributed by atoms with van der Waals surface area (Å²) in [4.78, 5) is 14.3. The Hall–Kier alpha value is -2.33. The second kappa shape index (κ2) is 7.61. The number of para-hydroxylation sites is 1. The molecule has 2 rings (SSSR count). The van der Waals surface area contributed by atoms with Crippen LogP contribution in [0.2, 0.25) is 0 Å². The molecule has 116 valence electrons. The van der Waals surface area contributed by atoms with Gasteiger partial charge in [-0.1, -0.05) is 36.4 Å². The summed E-state index contributed by atoms with van der Waals surface area (Å²) in [5, 5.41) is 2.99. The Bertz CT molecular complexity index is 611. The van der Waals surface area contributed by atoms with Crippen LogP contribution in [0, 0.1) is 0 Å². The molecule has 1 atom stereocenters. The highest BCUT2D eigenvalue weighted by atomic mass is 16.5. The van der Waals surface area contributed by atoms with E-state index in [0.29, 0.717) is 12.1 Å². The molecule has 0 unspecified atom stereocenters. The van der Waals surface area contributed by atoms with Crippen molar-refractivity contribution in [1.29, 1.82) is 0 Å². The van der Waals surface area contributed by atoms with Gasteiger partial charge >= 0.3 is 0 Å². The van der Waals surface area contributed by atoms with Crippen molar-refractivity contribution >= 4 is 5.91 Å². The number of benzene rings is 2. The van der Waals surface area contributed by atoms with Gasteiger partial charge in [0.2, 0.25) is 0 Å². The monoisotopic (exact) mass is 298 g/mol. The van der Waals surface area contributed by atoms with Crippen molar-refractivity contribution < 1.29 is 9.53 Å². The van der Waals surface area contributed by atoms with Crippen LogP contribution in [-0.2, 0) is 0 Å². The highest BCUT2D eigenvalue weighted by Gasteiger charge is 2.19. The van der Waals surface area contributed by atoms with Gasteiger partial charge in [-0.15, -0.1) is 0 Å². The number of hydrogen-bond donors (Lipinski definition) is 1. The zero-order chi connectivity index (χ0) is 15.9. The van der Waals surface area contributed by atoms with E-state index in [1.165, 1.54) is 0 Å². The van der Waals surface area contributed by atoms with E-state index in [2.05, 4.69) is 10.2 Å². The largest absolute Gasteiger partial charge is 0.496 e. The lowest BCUT2D eigenvalue weighted by atomic mass is 10.0. The van der Waals surface area contributed by atoms with Gasteiger partial charge in [-0.05, 0) is 32.3 Å². The lowest BCUT2D eigenvalue weighted by molar-refractivity contribution is 0.0941. The van der Waals surface area contributed by atoms with Crippen molar-refractivity contribution in [2.45, 2.75) is 6.04 Å². The fourth-order valence-electron chi connectivity index (χ4n) is 2.39. The molecule has 1 N–H and O–H groups in total. The van der Waals surface area contributed by atoms with Crippen LogP contribution in [0.4, 0.5) is 0 Å². The number of amides is 1. The molecule has 0 heterocycles. The smallest absolute Gasteiger partial charge is 0.251 e. The molecule has 0 aliphatic heterocycles. The molecule has 22 heavy (non-hydrogen) atoms. The molecule has 0 aliphatic rings. The molecule has 0 aliphatic carbocycles. The molecule has 4 nitrogen and oxygen atoms in total. The fourth-order valence-corrected chi connectivity index (χ4v) is 2.39. The molecule has 1 amide bonds.